The molecule has 1 aromatic heterocycles. The molecule has 0 bridgehead atoms. The molecule has 1 saturated heterocycles. The highest BCUT2D eigenvalue weighted by atomic mass is 79.9. The summed E-state index contributed by atoms with van der Waals surface area (Å²) in [5.41, 5.74) is 0.384. The third-order valence-electron chi connectivity index (χ3n) is 8.78. The summed E-state index contributed by atoms with van der Waals surface area (Å²) in [6, 6.07) is 17.8. The molecule has 0 unspecified atom stereocenters. The number of pyridine rings is 1. The molecule has 2 heterocycles. The zero-order valence-corrected chi connectivity index (χ0v) is 26.0. The number of amides is 1. The number of hydrogen-bond acceptors (Lipinski definition) is 5. The molecule has 0 spiro atoms. The van der Waals surface area contributed by atoms with E-state index in [-0.39, 0.29) is 46.0 Å². The molecular weight excluding hydrogens is 652 g/mol. The van der Waals surface area contributed by atoms with Crippen LogP contribution in [0, 0.1) is 5.82 Å². The lowest BCUT2D eigenvalue weighted by atomic mass is 9.93. The summed E-state index contributed by atoms with van der Waals surface area (Å²) < 4.78 is 57.3. The van der Waals surface area contributed by atoms with Crippen LogP contribution in [0.2, 0.25) is 0 Å². The van der Waals surface area contributed by atoms with Crippen LogP contribution in [0.15, 0.2) is 71.2 Å². The van der Waals surface area contributed by atoms with E-state index in [0.717, 1.165) is 43.4 Å². The van der Waals surface area contributed by atoms with Crippen molar-refractivity contribution < 1.29 is 27.5 Å². The molecule has 0 atom stereocenters. The second-order valence-electron chi connectivity index (χ2n) is 11.8. The Morgan fingerprint density at radius 2 is 1.78 bits per heavy atom. The average Bonchev–Trinajstić information content (AvgIpc) is 3.82. The molecule has 3 aromatic carbocycles. The van der Waals surface area contributed by atoms with Crippen molar-refractivity contribution in [1.29, 1.82) is 0 Å². The van der Waals surface area contributed by atoms with E-state index in [1.54, 1.807) is 6.07 Å². The number of likely N-dealkylation sites (tertiary alicyclic amines) is 1. The lowest BCUT2D eigenvalue weighted by molar-refractivity contribution is -0.137. The first kappa shape index (κ1) is 31.6. The summed E-state index contributed by atoms with van der Waals surface area (Å²) >= 11 is 3.21. The summed E-state index contributed by atoms with van der Waals surface area (Å²) in [4.78, 5) is 21.2. The minimum atomic E-state index is -4.60. The van der Waals surface area contributed by atoms with Crippen LogP contribution in [-0.4, -0.2) is 53.2 Å². The van der Waals surface area contributed by atoms with Crippen LogP contribution in [0.4, 0.5) is 17.6 Å². The van der Waals surface area contributed by atoms with E-state index in [0.29, 0.717) is 30.6 Å². The second-order valence-corrected chi connectivity index (χ2v) is 12.6. The van der Waals surface area contributed by atoms with Crippen molar-refractivity contribution in [3.05, 3.63) is 99.3 Å². The van der Waals surface area contributed by atoms with Gasteiger partial charge in [0.25, 0.3) is 5.91 Å². The van der Waals surface area contributed by atoms with Crippen LogP contribution in [-0.2, 0) is 18.3 Å². The van der Waals surface area contributed by atoms with E-state index in [1.165, 1.54) is 18.2 Å². The number of nitrogens with zero attached hydrogens (tertiary/aromatic N) is 2. The summed E-state index contributed by atoms with van der Waals surface area (Å²) in [5.74, 6) is -1.12. The molecule has 1 aliphatic carbocycles. The lowest BCUT2D eigenvalue weighted by Crippen LogP contribution is -2.43. The van der Waals surface area contributed by atoms with Gasteiger partial charge in [-0.25, -0.2) is 9.37 Å². The predicted octanol–water partition coefficient (Wildman–Crippen LogP) is 6.79. The standard InChI is InChI=1S/C34H33BrF4N4O2/c35-27-10-9-25-28(32(45)42-33(13-14-33)22-6-2-1-3-7-22)26(20-43-16-11-24(12-17-43)40-15-18-44)30(41-31(25)29(27)36)21-5-4-8-23(19-21)34(37,38)39/h1-10,19,24,40,44H,11-18,20H2,(H,42,45). The second kappa shape index (κ2) is 12.8. The predicted molar refractivity (Wildman–Crippen MR) is 168 cm³/mol. The minimum Gasteiger partial charge on any atom is -0.395 e. The number of halogens is 5. The SMILES string of the molecule is O=C(NC1(c2ccccc2)CC1)c1c(CN2CCC(NCCO)CC2)c(-c2cccc(C(F)(F)F)c2)nc2c(F)c(Br)ccc12. The van der Waals surface area contributed by atoms with Crippen molar-refractivity contribution in [3.63, 3.8) is 0 Å². The van der Waals surface area contributed by atoms with Crippen LogP contribution in [0.1, 0.15) is 52.7 Å². The number of fused-ring (bicyclic) bond motifs is 1. The Kier molecular flexibility index (Phi) is 8.98. The van der Waals surface area contributed by atoms with E-state index < -0.39 is 29.0 Å². The van der Waals surface area contributed by atoms with E-state index in [1.807, 2.05) is 30.3 Å². The molecule has 6 nitrogen and oxygen atoms in total. The van der Waals surface area contributed by atoms with Crippen LogP contribution in [0.3, 0.4) is 0 Å². The number of benzene rings is 3. The molecule has 1 aliphatic heterocycles. The molecule has 45 heavy (non-hydrogen) atoms. The summed E-state index contributed by atoms with van der Waals surface area (Å²) in [6.45, 7) is 2.09. The largest absolute Gasteiger partial charge is 0.416 e. The van der Waals surface area contributed by atoms with E-state index in [9.17, 15) is 23.1 Å². The van der Waals surface area contributed by atoms with Gasteiger partial charge in [0.05, 0.1) is 33.4 Å². The summed E-state index contributed by atoms with van der Waals surface area (Å²) in [5, 5.41) is 16.0. The zero-order valence-electron chi connectivity index (χ0n) is 24.4. The van der Waals surface area contributed by atoms with Gasteiger partial charge < -0.3 is 15.7 Å². The van der Waals surface area contributed by atoms with Crippen LogP contribution >= 0.6 is 15.9 Å². The molecule has 3 N–H and O–H groups in total. The van der Waals surface area contributed by atoms with Gasteiger partial charge >= 0.3 is 6.18 Å². The third kappa shape index (κ3) is 6.63. The Hall–Kier alpha value is -3.38. The molecular formula is C34H33BrF4N4O2. The van der Waals surface area contributed by atoms with Gasteiger partial charge in [-0.1, -0.05) is 48.5 Å². The Bertz CT molecular complexity index is 1700. The zero-order chi connectivity index (χ0) is 31.8. The van der Waals surface area contributed by atoms with Crippen LogP contribution in [0.25, 0.3) is 22.2 Å². The van der Waals surface area contributed by atoms with E-state index in [4.69, 9.17) is 0 Å². The van der Waals surface area contributed by atoms with Crippen molar-refractivity contribution in [1.82, 2.24) is 20.5 Å². The fraction of sp³-hybridized carbons (Fsp3) is 0.353. The van der Waals surface area contributed by atoms with Crippen molar-refractivity contribution in [2.45, 2.75) is 50.0 Å². The normalized spacial score (nSPS) is 17.0. The van der Waals surface area contributed by atoms with Gasteiger partial charge in [0.15, 0.2) is 5.82 Å². The van der Waals surface area contributed by atoms with Gasteiger partial charge in [0.1, 0.15) is 5.52 Å². The molecule has 1 saturated carbocycles. The Morgan fingerprint density at radius 3 is 2.44 bits per heavy atom. The quantitative estimate of drug-likeness (QED) is 0.169. The van der Waals surface area contributed by atoms with Crippen molar-refractivity contribution in [2.24, 2.45) is 0 Å². The fourth-order valence-electron chi connectivity index (χ4n) is 6.24. The first-order valence-corrected chi connectivity index (χ1v) is 15.8. The lowest BCUT2D eigenvalue weighted by Gasteiger charge is -2.33. The highest BCUT2D eigenvalue weighted by molar-refractivity contribution is 9.10. The topological polar surface area (TPSA) is 77.5 Å². The Balaban J connectivity index is 1.50. The number of hydrogen-bond donors (Lipinski definition) is 3. The maximum absolute atomic E-state index is 15.7. The van der Waals surface area contributed by atoms with Crippen molar-refractivity contribution >= 4 is 32.7 Å². The van der Waals surface area contributed by atoms with Gasteiger partial charge in [-0.2, -0.15) is 13.2 Å². The van der Waals surface area contributed by atoms with Crippen molar-refractivity contribution in [3.8, 4) is 11.3 Å². The average molecular weight is 686 g/mol. The molecule has 4 aromatic rings. The highest BCUT2D eigenvalue weighted by Gasteiger charge is 2.46. The minimum absolute atomic E-state index is 0.0406. The number of aromatic nitrogens is 1. The van der Waals surface area contributed by atoms with Crippen molar-refractivity contribution in [2.75, 3.05) is 26.2 Å². The molecule has 11 heteroatoms. The molecule has 6 rings (SSSR count). The number of aliphatic hydroxyl groups excluding tert-OH is 1. The van der Waals surface area contributed by atoms with E-state index in [2.05, 4.69) is 36.4 Å². The van der Waals surface area contributed by atoms with Gasteiger partial charge in [-0.05, 0) is 78.5 Å². The number of nitrogens with one attached hydrogen (secondary N) is 2. The number of piperidine rings is 1. The molecule has 2 aliphatic rings. The smallest absolute Gasteiger partial charge is 0.395 e. The van der Waals surface area contributed by atoms with Crippen LogP contribution in [0.5, 0.6) is 0 Å². The number of carbonyl (C=O) groups excluding carboxylic acids is 1. The number of carbonyl (C=O) groups is 1. The molecule has 0 radical (unpaired) electrons. The summed E-state index contributed by atoms with van der Waals surface area (Å²) in [7, 11) is 0. The fourth-order valence-corrected chi connectivity index (χ4v) is 6.56. The number of alkyl halides is 3. The third-order valence-corrected chi connectivity index (χ3v) is 9.40. The molecule has 2 fully saturated rings. The van der Waals surface area contributed by atoms with Gasteiger partial charge in [-0.3, -0.25) is 9.69 Å². The van der Waals surface area contributed by atoms with Crippen LogP contribution < -0.4 is 10.6 Å². The van der Waals surface area contributed by atoms with Gasteiger partial charge in [0.2, 0.25) is 0 Å². The summed E-state index contributed by atoms with van der Waals surface area (Å²) in [6.07, 6.45) is -1.55. The monoisotopic (exact) mass is 684 g/mol. The van der Waals surface area contributed by atoms with E-state index >= 15 is 4.39 Å². The first-order valence-electron chi connectivity index (χ1n) is 15.0. The first-order chi connectivity index (χ1) is 21.6. The Labute approximate surface area is 267 Å². The maximum Gasteiger partial charge on any atom is 0.416 e. The molecule has 1 amide bonds. The number of rotatable bonds is 9. The highest BCUT2D eigenvalue weighted by Crippen LogP contribution is 2.46. The van der Waals surface area contributed by atoms with Gasteiger partial charge in [-0.15, -0.1) is 0 Å². The number of aliphatic hydroxyl groups is 1. The Morgan fingerprint density at radius 1 is 1.04 bits per heavy atom. The maximum atomic E-state index is 15.7. The molecule has 236 valence electrons. The van der Waals surface area contributed by atoms with Gasteiger partial charge in [0, 0.05) is 35.6 Å².